The predicted octanol–water partition coefficient (Wildman–Crippen LogP) is 4.09. The molecule has 130 valence electrons. The Morgan fingerprint density at radius 2 is 1.68 bits per heavy atom. The van der Waals surface area contributed by atoms with E-state index in [1.807, 2.05) is 49.4 Å². The van der Waals surface area contributed by atoms with Gasteiger partial charge in [-0.05, 0) is 43.2 Å². The fraction of sp³-hybridized carbons (Fsp3) is 0.200. The van der Waals surface area contributed by atoms with Crippen LogP contribution in [0.3, 0.4) is 0 Å². The molecule has 0 amide bonds. The Bertz CT molecular complexity index is 886. The van der Waals surface area contributed by atoms with E-state index in [2.05, 4.69) is 4.72 Å². The molecule has 0 aliphatic rings. The monoisotopic (exact) mass is 355 g/mol. The zero-order valence-electron chi connectivity index (χ0n) is 14.1. The zero-order chi connectivity index (χ0) is 17.7. The van der Waals surface area contributed by atoms with Crippen molar-refractivity contribution in [3.63, 3.8) is 0 Å². The van der Waals surface area contributed by atoms with E-state index in [0.717, 1.165) is 16.9 Å². The summed E-state index contributed by atoms with van der Waals surface area (Å²) in [5, 5.41) is 0. The summed E-state index contributed by atoms with van der Waals surface area (Å²) in [5.41, 5.74) is 2.13. The van der Waals surface area contributed by atoms with Crippen molar-refractivity contribution in [3.05, 3.63) is 89.9 Å². The minimum Gasteiger partial charge on any atom is -0.469 e. The molecule has 0 fully saturated rings. The molecule has 0 bridgehead atoms. The fourth-order valence-electron chi connectivity index (χ4n) is 2.79. The SMILES string of the molecule is Cc1ccc(S(=O)(=O)NCC[C@H](c2ccccc2)c2ccco2)cc1. The number of hydrogen-bond donors (Lipinski definition) is 1. The summed E-state index contributed by atoms with van der Waals surface area (Å²) in [5.74, 6) is 0.845. The van der Waals surface area contributed by atoms with Crippen LogP contribution in [0.15, 0.2) is 82.3 Å². The maximum absolute atomic E-state index is 12.4. The number of nitrogens with one attached hydrogen (secondary N) is 1. The quantitative estimate of drug-likeness (QED) is 0.694. The van der Waals surface area contributed by atoms with Crippen LogP contribution < -0.4 is 4.72 Å². The van der Waals surface area contributed by atoms with Gasteiger partial charge in [0.2, 0.25) is 10.0 Å². The normalized spacial score (nSPS) is 12.8. The van der Waals surface area contributed by atoms with Crippen LogP contribution in [-0.2, 0) is 10.0 Å². The Hall–Kier alpha value is -2.37. The Kier molecular flexibility index (Phi) is 5.36. The number of sulfonamides is 1. The van der Waals surface area contributed by atoms with E-state index in [0.29, 0.717) is 13.0 Å². The first-order chi connectivity index (χ1) is 12.1. The number of aryl methyl sites for hydroxylation is 1. The Balaban J connectivity index is 1.71. The molecule has 0 spiro atoms. The molecule has 0 aliphatic heterocycles. The van der Waals surface area contributed by atoms with Crippen LogP contribution in [0.1, 0.15) is 29.2 Å². The summed E-state index contributed by atoms with van der Waals surface area (Å²) in [6, 6.07) is 20.6. The third kappa shape index (κ3) is 4.38. The van der Waals surface area contributed by atoms with Gasteiger partial charge in [0.05, 0.1) is 11.2 Å². The second kappa shape index (κ2) is 7.68. The molecule has 0 radical (unpaired) electrons. The largest absolute Gasteiger partial charge is 0.469 e. The Morgan fingerprint density at radius 1 is 0.960 bits per heavy atom. The lowest BCUT2D eigenvalue weighted by atomic mass is 9.93. The van der Waals surface area contributed by atoms with Crippen molar-refractivity contribution < 1.29 is 12.8 Å². The van der Waals surface area contributed by atoms with Gasteiger partial charge >= 0.3 is 0 Å². The summed E-state index contributed by atoms with van der Waals surface area (Å²) in [6.07, 6.45) is 2.25. The van der Waals surface area contributed by atoms with Crippen molar-refractivity contribution >= 4 is 10.0 Å². The van der Waals surface area contributed by atoms with Crippen LogP contribution in [-0.4, -0.2) is 15.0 Å². The summed E-state index contributed by atoms with van der Waals surface area (Å²) in [6.45, 7) is 2.26. The number of furan rings is 1. The highest BCUT2D eigenvalue weighted by atomic mass is 32.2. The number of benzene rings is 2. The van der Waals surface area contributed by atoms with E-state index in [4.69, 9.17) is 4.42 Å². The summed E-state index contributed by atoms with van der Waals surface area (Å²) in [7, 11) is -3.50. The minimum atomic E-state index is -3.50. The summed E-state index contributed by atoms with van der Waals surface area (Å²) < 4.78 is 33.1. The Morgan fingerprint density at radius 3 is 2.32 bits per heavy atom. The molecular formula is C20H21NO3S. The van der Waals surface area contributed by atoms with E-state index in [-0.39, 0.29) is 10.8 Å². The zero-order valence-corrected chi connectivity index (χ0v) is 14.9. The molecule has 0 saturated heterocycles. The predicted molar refractivity (Wildman–Crippen MR) is 98.0 cm³/mol. The van der Waals surface area contributed by atoms with Crippen molar-refractivity contribution in [2.24, 2.45) is 0 Å². The molecule has 0 saturated carbocycles. The van der Waals surface area contributed by atoms with Crippen molar-refractivity contribution in [1.29, 1.82) is 0 Å². The third-order valence-corrected chi connectivity index (χ3v) is 5.62. The third-order valence-electron chi connectivity index (χ3n) is 4.14. The van der Waals surface area contributed by atoms with Crippen molar-refractivity contribution in [1.82, 2.24) is 4.72 Å². The molecule has 0 unspecified atom stereocenters. The van der Waals surface area contributed by atoms with Crippen molar-refractivity contribution in [3.8, 4) is 0 Å². The van der Waals surface area contributed by atoms with Crippen LogP contribution in [0, 0.1) is 6.92 Å². The van der Waals surface area contributed by atoms with E-state index < -0.39 is 10.0 Å². The van der Waals surface area contributed by atoms with E-state index in [1.165, 1.54) is 0 Å². The van der Waals surface area contributed by atoms with E-state index >= 15 is 0 Å². The lowest BCUT2D eigenvalue weighted by Gasteiger charge is -2.16. The fourth-order valence-corrected chi connectivity index (χ4v) is 3.83. The van der Waals surface area contributed by atoms with Gasteiger partial charge in [-0.15, -0.1) is 0 Å². The van der Waals surface area contributed by atoms with Crippen LogP contribution in [0.4, 0.5) is 0 Å². The topological polar surface area (TPSA) is 59.3 Å². The van der Waals surface area contributed by atoms with Crippen molar-refractivity contribution in [2.75, 3.05) is 6.54 Å². The molecule has 3 aromatic rings. The second-order valence-corrected chi connectivity index (χ2v) is 7.75. The van der Waals surface area contributed by atoms with Crippen LogP contribution in [0.2, 0.25) is 0 Å². The van der Waals surface area contributed by atoms with E-state index in [1.54, 1.807) is 30.5 Å². The molecule has 1 N–H and O–H groups in total. The summed E-state index contributed by atoms with van der Waals surface area (Å²) in [4.78, 5) is 0.285. The standard InChI is InChI=1S/C20H21NO3S/c1-16-9-11-18(12-10-16)25(22,23)21-14-13-19(20-8-5-15-24-20)17-6-3-2-4-7-17/h2-12,15,19,21H,13-14H2,1H3/t19-/m1/s1. The number of rotatable bonds is 7. The summed E-state index contributed by atoms with van der Waals surface area (Å²) >= 11 is 0. The molecule has 3 rings (SSSR count). The number of hydrogen-bond acceptors (Lipinski definition) is 3. The second-order valence-electron chi connectivity index (χ2n) is 5.98. The molecule has 25 heavy (non-hydrogen) atoms. The molecule has 2 aromatic carbocycles. The highest BCUT2D eigenvalue weighted by Crippen LogP contribution is 2.28. The van der Waals surface area contributed by atoms with Gasteiger partial charge in [-0.1, -0.05) is 48.0 Å². The smallest absolute Gasteiger partial charge is 0.240 e. The highest BCUT2D eigenvalue weighted by molar-refractivity contribution is 7.89. The van der Waals surface area contributed by atoms with Gasteiger partial charge in [-0.2, -0.15) is 0 Å². The van der Waals surface area contributed by atoms with Crippen molar-refractivity contribution in [2.45, 2.75) is 24.2 Å². The average Bonchev–Trinajstić information content (AvgIpc) is 3.14. The van der Waals surface area contributed by atoms with Crippen LogP contribution >= 0.6 is 0 Å². The van der Waals surface area contributed by atoms with Gasteiger partial charge in [0.25, 0.3) is 0 Å². The van der Waals surface area contributed by atoms with Gasteiger partial charge < -0.3 is 4.42 Å². The van der Waals surface area contributed by atoms with Gasteiger partial charge in [0, 0.05) is 12.5 Å². The molecule has 4 nitrogen and oxygen atoms in total. The molecule has 1 atom stereocenters. The highest BCUT2D eigenvalue weighted by Gasteiger charge is 2.19. The molecule has 0 aliphatic carbocycles. The first-order valence-corrected chi connectivity index (χ1v) is 9.69. The lowest BCUT2D eigenvalue weighted by Crippen LogP contribution is -2.26. The molecule has 5 heteroatoms. The van der Waals surface area contributed by atoms with Gasteiger partial charge in [0.15, 0.2) is 0 Å². The average molecular weight is 355 g/mol. The van der Waals surface area contributed by atoms with Crippen LogP contribution in [0.5, 0.6) is 0 Å². The van der Waals surface area contributed by atoms with Gasteiger partial charge in [-0.3, -0.25) is 0 Å². The van der Waals surface area contributed by atoms with Gasteiger partial charge in [0.1, 0.15) is 5.76 Å². The molecule has 1 heterocycles. The first kappa shape index (κ1) is 17.5. The molecule has 1 aromatic heterocycles. The first-order valence-electron chi connectivity index (χ1n) is 8.21. The lowest BCUT2D eigenvalue weighted by molar-refractivity contribution is 0.472. The maximum Gasteiger partial charge on any atom is 0.240 e. The van der Waals surface area contributed by atoms with Crippen LogP contribution in [0.25, 0.3) is 0 Å². The molecular weight excluding hydrogens is 334 g/mol. The van der Waals surface area contributed by atoms with E-state index in [9.17, 15) is 8.42 Å². The van der Waals surface area contributed by atoms with Gasteiger partial charge in [-0.25, -0.2) is 13.1 Å². The maximum atomic E-state index is 12.4. The Labute approximate surface area is 148 Å². The minimum absolute atomic E-state index is 0.0110.